The van der Waals surface area contributed by atoms with E-state index < -0.39 is 5.92 Å². The van der Waals surface area contributed by atoms with Crippen molar-refractivity contribution >= 4 is 24.8 Å². The SMILES string of the molecule is Cl.Cl.NCCc1cccc(-c2cccc(CN3CCC(F)(F)C3)c2)c1. The average molecular weight is 389 g/mol. The first-order valence-corrected chi connectivity index (χ1v) is 8.04. The monoisotopic (exact) mass is 388 g/mol. The van der Waals surface area contributed by atoms with Crippen molar-refractivity contribution in [3.8, 4) is 11.1 Å². The van der Waals surface area contributed by atoms with Gasteiger partial charge in [0.2, 0.25) is 0 Å². The van der Waals surface area contributed by atoms with Gasteiger partial charge in [-0.2, -0.15) is 0 Å². The highest BCUT2D eigenvalue weighted by atomic mass is 35.5. The molecule has 2 aromatic rings. The first-order valence-electron chi connectivity index (χ1n) is 8.04. The maximum atomic E-state index is 13.3. The third-order valence-electron chi connectivity index (χ3n) is 4.28. The number of nitrogens with zero attached hydrogens (tertiary/aromatic N) is 1. The van der Waals surface area contributed by atoms with Gasteiger partial charge in [-0.3, -0.25) is 4.90 Å². The van der Waals surface area contributed by atoms with Crippen molar-refractivity contribution in [3.63, 3.8) is 0 Å². The summed E-state index contributed by atoms with van der Waals surface area (Å²) in [5.41, 5.74) is 10.2. The van der Waals surface area contributed by atoms with E-state index in [0.29, 0.717) is 19.6 Å². The van der Waals surface area contributed by atoms with Crippen LogP contribution in [0.25, 0.3) is 11.1 Å². The van der Waals surface area contributed by atoms with Gasteiger partial charge < -0.3 is 5.73 Å². The third kappa shape index (κ3) is 5.93. The van der Waals surface area contributed by atoms with Gasteiger partial charge in [-0.1, -0.05) is 42.5 Å². The van der Waals surface area contributed by atoms with Crippen molar-refractivity contribution in [2.24, 2.45) is 5.73 Å². The van der Waals surface area contributed by atoms with E-state index in [0.717, 1.165) is 23.1 Å². The largest absolute Gasteiger partial charge is 0.330 e. The summed E-state index contributed by atoms with van der Waals surface area (Å²) in [6.07, 6.45) is 0.824. The van der Waals surface area contributed by atoms with Crippen molar-refractivity contribution in [1.29, 1.82) is 0 Å². The number of rotatable bonds is 5. The topological polar surface area (TPSA) is 29.3 Å². The lowest BCUT2D eigenvalue weighted by Gasteiger charge is -2.16. The highest BCUT2D eigenvalue weighted by molar-refractivity contribution is 5.85. The second-order valence-corrected chi connectivity index (χ2v) is 6.26. The lowest BCUT2D eigenvalue weighted by Crippen LogP contribution is -2.24. The minimum atomic E-state index is -2.53. The standard InChI is InChI=1S/C19H22F2N2.2ClH/c20-19(21)8-10-23(14-19)13-16-4-2-6-18(12-16)17-5-1-3-15(11-17)7-9-22;;/h1-6,11-12H,7-10,13-14,22H2;2*1H. The lowest BCUT2D eigenvalue weighted by molar-refractivity contribution is 0.0115. The first-order chi connectivity index (χ1) is 11.1. The molecule has 1 fully saturated rings. The Labute approximate surface area is 160 Å². The molecule has 0 aliphatic carbocycles. The van der Waals surface area contributed by atoms with Crippen molar-refractivity contribution in [3.05, 3.63) is 59.7 Å². The smallest absolute Gasteiger partial charge is 0.261 e. The zero-order valence-electron chi connectivity index (χ0n) is 14.0. The molecule has 1 saturated heterocycles. The molecule has 0 saturated carbocycles. The van der Waals surface area contributed by atoms with Crippen molar-refractivity contribution < 1.29 is 8.78 Å². The van der Waals surface area contributed by atoms with E-state index in [4.69, 9.17) is 5.73 Å². The van der Waals surface area contributed by atoms with Crippen LogP contribution in [-0.2, 0) is 13.0 Å². The fourth-order valence-corrected chi connectivity index (χ4v) is 3.12. The normalized spacial score (nSPS) is 16.1. The predicted octanol–water partition coefficient (Wildman–Crippen LogP) is 4.54. The van der Waals surface area contributed by atoms with Crippen molar-refractivity contribution in [2.45, 2.75) is 25.3 Å². The minimum absolute atomic E-state index is 0. The van der Waals surface area contributed by atoms with Gasteiger partial charge in [0.25, 0.3) is 5.92 Å². The molecule has 3 rings (SSSR count). The van der Waals surface area contributed by atoms with Gasteiger partial charge in [-0.05, 0) is 41.3 Å². The quantitative estimate of drug-likeness (QED) is 0.814. The van der Waals surface area contributed by atoms with Gasteiger partial charge in [0.05, 0.1) is 6.54 Å². The molecule has 0 amide bonds. The molecular weight excluding hydrogens is 365 g/mol. The maximum Gasteiger partial charge on any atom is 0.261 e. The summed E-state index contributed by atoms with van der Waals surface area (Å²) in [6, 6.07) is 16.5. The van der Waals surface area contributed by atoms with E-state index in [1.807, 2.05) is 23.1 Å². The van der Waals surface area contributed by atoms with Gasteiger partial charge in [0, 0.05) is 19.5 Å². The van der Waals surface area contributed by atoms with Crippen LogP contribution in [-0.4, -0.2) is 30.5 Å². The molecule has 0 atom stereocenters. The summed E-state index contributed by atoms with van der Waals surface area (Å²) in [6.45, 7) is 1.53. The Morgan fingerprint density at radius 2 is 1.56 bits per heavy atom. The first kappa shape index (κ1) is 21.8. The van der Waals surface area contributed by atoms with E-state index in [-0.39, 0.29) is 37.8 Å². The Morgan fingerprint density at radius 3 is 2.12 bits per heavy atom. The number of likely N-dealkylation sites (tertiary alicyclic amines) is 1. The number of hydrogen-bond acceptors (Lipinski definition) is 2. The molecule has 0 aromatic heterocycles. The summed E-state index contributed by atoms with van der Waals surface area (Å²) >= 11 is 0. The highest BCUT2D eigenvalue weighted by Crippen LogP contribution is 2.29. The highest BCUT2D eigenvalue weighted by Gasteiger charge is 2.37. The van der Waals surface area contributed by atoms with Crippen LogP contribution in [0.1, 0.15) is 17.5 Å². The number of alkyl halides is 2. The van der Waals surface area contributed by atoms with Crippen LogP contribution in [0.15, 0.2) is 48.5 Å². The zero-order valence-corrected chi connectivity index (χ0v) is 15.6. The van der Waals surface area contributed by atoms with E-state index in [9.17, 15) is 8.78 Å². The van der Waals surface area contributed by atoms with Gasteiger partial charge in [-0.15, -0.1) is 24.8 Å². The second kappa shape index (κ2) is 9.48. The van der Waals surface area contributed by atoms with Crippen LogP contribution in [0.5, 0.6) is 0 Å². The fraction of sp³-hybridized carbons (Fsp3) is 0.368. The second-order valence-electron chi connectivity index (χ2n) is 6.26. The fourth-order valence-electron chi connectivity index (χ4n) is 3.12. The zero-order chi connectivity index (χ0) is 16.3. The number of hydrogen-bond donors (Lipinski definition) is 1. The molecule has 1 aliphatic rings. The van der Waals surface area contributed by atoms with Gasteiger partial charge in [0.1, 0.15) is 0 Å². The van der Waals surface area contributed by atoms with Gasteiger partial charge in [-0.25, -0.2) is 8.78 Å². The van der Waals surface area contributed by atoms with Gasteiger partial charge in [0.15, 0.2) is 0 Å². The average Bonchev–Trinajstić information content (AvgIpc) is 2.87. The molecule has 0 radical (unpaired) electrons. The van der Waals surface area contributed by atoms with Crippen LogP contribution < -0.4 is 5.73 Å². The number of benzene rings is 2. The van der Waals surface area contributed by atoms with Crippen LogP contribution in [0, 0.1) is 0 Å². The van der Waals surface area contributed by atoms with Gasteiger partial charge >= 0.3 is 0 Å². The summed E-state index contributed by atoms with van der Waals surface area (Å²) < 4.78 is 26.6. The number of nitrogens with two attached hydrogens (primary N) is 1. The van der Waals surface area contributed by atoms with E-state index in [2.05, 4.69) is 30.3 Å². The van der Waals surface area contributed by atoms with E-state index in [1.165, 1.54) is 5.56 Å². The summed E-state index contributed by atoms with van der Waals surface area (Å²) in [7, 11) is 0. The van der Waals surface area contributed by atoms with Crippen molar-refractivity contribution in [2.75, 3.05) is 19.6 Å². The van der Waals surface area contributed by atoms with E-state index >= 15 is 0 Å². The van der Waals surface area contributed by atoms with Crippen LogP contribution >= 0.6 is 24.8 Å². The predicted molar refractivity (Wildman–Crippen MR) is 104 cm³/mol. The Balaban J connectivity index is 0.00000156. The molecule has 6 heteroatoms. The summed E-state index contributed by atoms with van der Waals surface area (Å²) in [4.78, 5) is 1.82. The van der Waals surface area contributed by atoms with Crippen LogP contribution in [0.2, 0.25) is 0 Å². The minimum Gasteiger partial charge on any atom is -0.330 e. The molecule has 0 bridgehead atoms. The molecule has 2 aromatic carbocycles. The molecular formula is C19H24Cl2F2N2. The third-order valence-corrected chi connectivity index (χ3v) is 4.28. The molecule has 138 valence electrons. The molecule has 0 unspecified atom stereocenters. The Kier molecular flexibility index (Phi) is 8.29. The molecule has 25 heavy (non-hydrogen) atoms. The Bertz CT molecular complexity index is 680. The summed E-state index contributed by atoms with van der Waals surface area (Å²) in [5.74, 6) is -2.53. The molecule has 2 N–H and O–H groups in total. The Morgan fingerprint density at radius 1 is 0.960 bits per heavy atom. The van der Waals surface area contributed by atoms with Crippen LogP contribution in [0.3, 0.4) is 0 Å². The number of halogens is 4. The lowest BCUT2D eigenvalue weighted by atomic mass is 10.00. The van der Waals surface area contributed by atoms with Crippen LogP contribution in [0.4, 0.5) is 8.78 Å². The molecule has 2 nitrogen and oxygen atoms in total. The van der Waals surface area contributed by atoms with Crippen molar-refractivity contribution in [1.82, 2.24) is 4.90 Å². The van der Waals surface area contributed by atoms with E-state index in [1.54, 1.807) is 0 Å². The molecule has 0 spiro atoms. The summed E-state index contributed by atoms with van der Waals surface area (Å²) in [5, 5.41) is 0. The molecule has 1 heterocycles. The maximum absolute atomic E-state index is 13.3. The Hall–Kier alpha value is -1.20. The molecule has 1 aliphatic heterocycles.